The Bertz CT molecular complexity index is 209. The molecular formula is C13H27NO3. The van der Waals surface area contributed by atoms with Gasteiger partial charge in [0.25, 0.3) is 0 Å². The maximum atomic E-state index is 9.81. The van der Waals surface area contributed by atoms with Crippen LogP contribution in [-0.4, -0.2) is 62.7 Å². The lowest BCUT2D eigenvalue weighted by molar-refractivity contribution is 0.0528. The van der Waals surface area contributed by atoms with Gasteiger partial charge < -0.3 is 19.5 Å². The minimum atomic E-state index is -0.149. The first-order valence-corrected chi connectivity index (χ1v) is 6.50. The minimum Gasteiger partial charge on any atom is -0.393 e. The molecule has 1 atom stereocenters. The summed E-state index contributed by atoms with van der Waals surface area (Å²) in [5, 5.41) is 9.81. The lowest BCUT2D eigenvalue weighted by atomic mass is 9.87. The number of rotatable bonds is 6. The summed E-state index contributed by atoms with van der Waals surface area (Å²) < 4.78 is 10.4. The normalized spacial score (nSPS) is 25.8. The van der Waals surface area contributed by atoms with E-state index in [2.05, 4.69) is 18.7 Å². The maximum Gasteiger partial charge on any atom is 0.0700 e. The summed E-state index contributed by atoms with van der Waals surface area (Å²) >= 11 is 0. The second-order valence-corrected chi connectivity index (χ2v) is 5.69. The Morgan fingerprint density at radius 3 is 2.76 bits per heavy atom. The molecule has 1 aliphatic rings. The molecule has 0 aromatic heterocycles. The lowest BCUT2D eigenvalue weighted by Crippen LogP contribution is -2.35. The molecule has 1 N–H and O–H groups in total. The predicted octanol–water partition coefficient (Wildman–Crippen LogP) is 1.13. The average Bonchev–Trinajstić information content (AvgIpc) is 2.36. The fourth-order valence-corrected chi connectivity index (χ4v) is 2.45. The van der Waals surface area contributed by atoms with Crippen molar-refractivity contribution in [1.29, 1.82) is 0 Å². The van der Waals surface area contributed by atoms with Crippen molar-refractivity contribution in [3.63, 3.8) is 0 Å². The number of likely N-dealkylation sites (tertiary alicyclic amines) is 1. The second-order valence-electron chi connectivity index (χ2n) is 5.69. The molecule has 0 saturated carbocycles. The molecule has 1 saturated heterocycles. The third kappa shape index (κ3) is 6.36. The Morgan fingerprint density at radius 2 is 2.06 bits per heavy atom. The van der Waals surface area contributed by atoms with Crippen LogP contribution < -0.4 is 0 Å². The monoisotopic (exact) mass is 245 g/mol. The summed E-state index contributed by atoms with van der Waals surface area (Å²) in [5.74, 6) is 0. The molecule has 4 heteroatoms. The Hall–Kier alpha value is -0.160. The fourth-order valence-electron chi connectivity index (χ4n) is 2.45. The van der Waals surface area contributed by atoms with Crippen LogP contribution in [0.3, 0.4) is 0 Å². The number of hydrogen-bond acceptors (Lipinski definition) is 4. The summed E-state index contributed by atoms with van der Waals surface area (Å²) in [4.78, 5) is 2.39. The Morgan fingerprint density at radius 1 is 1.29 bits per heavy atom. The molecule has 1 fully saturated rings. The van der Waals surface area contributed by atoms with Crippen molar-refractivity contribution in [2.24, 2.45) is 5.41 Å². The highest BCUT2D eigenvalue weighted by Gasteiger charge is 2.28. The van der Waals surface area contributed by atoms with Crippen molar-refractivity contribution in [2.75, 3.05) is 46.6 Å². The molecule has 0 aliphatic carbocycles. The topological polar surface area (TPSA) is 41.9 Å². The Balaban J connectivity index is 2.23. The predicted molar refractivity (Wildman–Crippen MR) is 68.2 cm³/mol. The quantitative estimate of drug-likeness (QED) is 0.712. The zero-order valence-corrected chi connectivity index (χ0v) is 11.4. The highest BCUT2D eigenvalue weighted by atomic mass is 16.5. The first kappa shape index (κ1) is 14.9. The first-order valence-electron chi connectivity index (χ1n) is 6.50. The summed E-state index contributed by atoms with van der Waals surface area (Å²) in [7, 11) is 1.68. The minimum absolute atomic E-state index is 0.149. The molecule has 1 aliphatic heterocycles. The third-order valence-corrected chi connectivity index (χ3v) is 3.20. The zero-order chi connectivity index (χ0) is 12.7. The smallest absolute Gasteiger partial charge is 0.0700 e. The third-order valence-electron chi connectivity index (χ3n) is 3.20. The highest BCUT2D eigenvalue weighted by Crippen LogP contribution is 2.27. The van der Waals surface area contributed by atoms with Gasteiger partial charge in [0.05, 0.1) is 25.9 Å². The average molecular weight is 245 g/mol. The maximum absolute atomic E-state index is 9.81. The van der Waals surface area contributed by atoms with E-state index in [0.717, 1.165) is 39.1 Å². The van der Waals surface area contributed by atoms with Gasteiger partial charge in [0.1, 0.15) is 0 Å². The van der Waals surface area contributed by atoms with Crippen LogP contribution in [0.2, 0.25) is 0 Å². The van der Waals surface area contributed by atoms with Crippen molar-refractivity contribution in [2.45, 2.75) is 32.8 Å². The van der Waals surface area contributed by atoms with Crippen molar-refractivity contribution in [3.05, 3.63) is 0 Å². The highest BCUT2D eigenvalue weighted by molar-refractivity contribution is 4.81. The molecule has 0 amide bonds. The van der Waals surface area contributed by atoms with E-state index in [9.17, 15) is 5.11 Å². The Labute approximate surface area is 105 Å². The zero-order valence-electron chi connectivity index (χ0n) is 11.4. The molecule has 17 heavy (non-hydrogen) atoms. The standard InChI is InChI=1S/C13H27NO3/c1-13(2)10-12(15)4-5-14(11-13)6-7-17-9-8-16-3/h12,15H,4-11H2,1-3H3. The van der Waals surface area contributed by atoms with E-state index >= 15 is 0 Å². The van der Waals surface area contributed by atoms with Crippen molar-refractivity contribution >= 4 is 0 Å². The fraction of sp³-hybridized carbons (Fsp3) is 1.00. The number of aliphatic hydroxyl groups is 1. The number of aliphatic hydroxyl groups excluding tert-OH is 1. The lowest BCUT2D eigenvalue weighted by Gasteiger charge is -2.29. The van der Waals surface area contributed by atoms with Crippen molar-refractivity contribution < 1.29 is 14.6 Å². The van der Waals surface area contributed by atoms with Crippen LogP contribution in [0.1, 0.15) is 26.7 Å². The van der Waals surface area contributed by atoms with Gasteiger partial charge in [-0.3, -0.25) is 0 Å². The first-order chi connectivity index (χ1) is 8.03. The van der Waals surface area contributed by atoms with Gasteiger partial charge in [-0.25, -0.2) is 0 Å². The molecule has 102 valence electrons. The molecule has 0 aromatic rings. The number of ether oxygens (including phenoxy) is 2. The van der Waals surface area contributed by atoms with Gasteiger partial charge >= 0.3 is 0 Å². The van der Waals surface area contributed by atoms with Crippen LogP contribution in [0.4, 0.5) is 0 Å². The summed E-state index contributed by atoms with van der Waals surface area (Å²) in [6.07, 6.45) is 1.62. The van der Waals surface area contributed by atoms with E-state index in [1.165, 1.54) is 0 Å². The van der Waals surface area contributed by atoms with Gasteiger partial charge in [0.2, 0.25) is 0 Å². The molecule has 0 radical (unpaired) electrons. The van der Waals surface area contributed by atoms with E-state index in [4.69, 9.17) is 9.47 Å². The van der Waals surface area contributed by atoms with Gasteiger partial charge in [-0.05, 0) is 18.3 Å². The van der Waals surface area contributed by atoms with Crippen LogP contribution in [0.15, 0.2) is 0 Å². The summed E-state index contributed by atoms with van der Waals surface area (Å²) in [6, 6.07) is 0. The summed E-state index contributed by atoms with van der Waals surface area (Å²) in [5.41, 5.74) is 0.197. The number of methoxy groups -OCH3 is 1. The van der Waals surface area contributed by atoms with Crippen molar-refractivity contribution in [1.82, 2.24) is 4.90 Å². The van der Waals surface area contributed by atoms with Gasteiger partial charge in [0, 0.05) is 26.7 Å². The molecule has 0 bridgehead atoms. The molecule has 4 nitrogen and oxygen atoms in total. The van der Waals surface area contributed by atoms with E-state index in [1.807, 2.05) is 0 Å². The Kier molecular flexibility index (Phi) is 6.41. The molecule has 0 aromatic carbocycles. The molecule has 0 spiro atoms. The largest absolute Gasteiger partial charge is 0.393 e. The van der Waals surface area contributed by atoms with Crippen molar-refractivity contribution in [3.8, 4) is 0 Å². The number of nitrogens with zero attached hydrogens (tertiary/aromatic N) is 1. The van der Waals surface area contributed by atoms with Crippen LogP contribution in [-0.2, 0) is 9.47 Å². The molecule has 1 unspecified atom stereocenters. The second kappa shape index (κ2) is 7.31. The van der Waals surface area contributed by atoms with E-state index < -0.39 is 0 Å². The molecule has 1 heterocycles. The van der Waals surface area contributed by atoms with E-state index in [-0.39, 0.29) is 11.5 Å². The van der Waals surface area contributed by atoms with Gasteiger partial charge in [-0.2, -0.15) is 0 Å². The molecular weight excluding hydrogens is 218 g/mol. The summed E-state index contributed by atoms with van der Waals surface area (Å²) in [6.45, 7) is 9.46. The van der Waals surface area contributed by atoms with Gasteiger partial charge in [0.15, 0.2) is 0 Å². The van der Waals surface area contributed by atoms with Gasteiger partial charge in [-0.1, -0.05) is 13.8 Å². The molecule has 1 rings (SSSR count). The SMILES string of the molecule is COCCOCCN1CCC(O)CC(C)(C)C1. The van der Waals surface area contributed by atoms with Crippen LogP contribution in [0, 0.1) is 5.41 Å². The van der Waals surface area contributed by atoms with Crippen LogP contribution in [0.5, 0.6) is 0 Å². The van der Waals surface area contributed by atoms with E-state index in [0.29, 0.717) is 13.2 Å². The van der Waals surface area contributed by atoms with E-state index in [1.54, 1.807) is 7.11 Å². The van der Waals surface area contributed by atoms with Gasteiger partial charge in [-0.15, -0.1) is 0 Å². The van der Waals surface area contributed by atoms with Crippen LogP contribution >= 0.6 is 0 Å². The number of hydrogen-bond donors (Lipinski definition) is 1. The van der Waals surface area contributed by atoms with Crippen LogP contribution in [0.25, 0.3) is 0 Å².